The molecule has 0 saturated heterocycles. The van der Waals surface area contributed by atoms with E-state index in [4.69, 9.17) is 4.74 Å². The number of rotatable bonds is 6. The second-order valence-corrected chi connectivity index (χ2v) is 5.42. The fourth-order valence-electron chi connectivity index (χ4n) is 2.57. The molecule has 0 aliphatic carbocycles. The molecule has 116 valence electrons. The molecule has 0 aliphatic rings. The lowest BCUT2D eigenvalue weighted by Crippen LogP contribution is -2.29. The fourth-order valence-corrected chi connectivity index (χ4v) is 2.57. The summed E-state index contributed by atoms with van der Waals surface area (Å²) in [5.74, 6) is 0.917. The lowest BCUT2D eigenvalue weighted by molar-refractivity contribution is -0.121. The summed E-state index contributed by atoms with van der Waals surface area (Å²) >= 11 is 0. The van der Waals surface area contributed by atoms with Crippen LogP contribution in [0.25, 0.3) is 0 Å². The van der Waals surface area contributed by atoms with Crippen LogP contribution in [0, 0.1) is 6.92 Å². The molecule has 1 atom stereocenters. The lowest BCUT2D eigenvalue weighted by Gasteiger charge is -2.19. The maximum atomic E-state index is 12.2. The van der Waals surface area contributed by atoms with Gasteiger partial charge in [-0.2, -0.15) is 0 Å². The van der Waals surface area contributed by atoms with Crippen molar-refractivity contribution < 1.29 is 9.53 Å². The molecule has 22 heavy (non-hydrogen) atoms. The molecule has 0 radical (unpaired) electrons. The van der Waals surface area contributed by atoms with Crippen LogP contribution in [-0.2, 0) is 11.2 Å². The van der Waals surface area contributed by atoms with Crippen molar-refractivity contribution in [2.45, 2.75) is 32.7 Å². The van der Waals surface area contributed by atoms with Crippen LogP contribution < -0.4 is 10.1 Å². The Kier molecular flexibility index (Phi) is 5.59. The zero-order valence-electron chi connectivity index (χ0n) is 13.4. The Balaban J connectivity index is 2.05. The van der Waals surface area contributed by atoms with Crippen molar-refractivity contribution in [2.24, 2.45) is 0 Å². The number of benzene rings is 2. The normalized spacial score (nSPS) is 11.8. The van der Waals surface area contributed by atoms with E-state index in [1.54, 1.807) is 7.11 Å². The highest BCUT2D eigenvalue weighted by molar-refractivity contribution is 5.79. The molecular weight excluding hydrogens is 274 g/mol. The third-order valence-corrected chi connectivity index (χ3v) is 3.77. The maximum Gasteiger partial charge on any atom is 0.224 e. The van der Waals surface area contributed by atoms with Gasteiger partial charge in [-0.05, 0) is 36.1 Å². The van der Waals surface area contributed by atoms with Crippen LogP contribution >= 0.6 is 0 Å². The first-order chi connectivity index (χ1) is 10.6. The summed E-state index contributed by atoms with van der Waals surface area (Å²) < 4.78 is 5.29. The molecule has 0 fully saturated rings. The monoisotopic (exact) mass is 297 g/mol. The zero-order valence-corrected chi connectivity index (χ0v) is 13.4. The van der Waals surface area contributed by atoms with Gasteiger partial charge in [-0.3, -0.25) is 4.79 Å². The van der Waals surface area contributed by atoms with Crippen LogP contribution in [0.15, 0.2) is 48.5 Å². The van der Waals surface area contributed by atoms with Gasteiger partial charge in [-0.15, -0.1) is 0 Å². The van der Waals surface area contributed by atoms with Crippen LogP contribution in [0.2, 0.25) is 0 Å². The minimum absolute atomic E-state index is 0.0285. The molecule has 0 saturated carbocycles. The summed E-state index contributed by atoms with van der Waals surface area (Å²) in [5.41, 5.74) is 3.22. The Labute approximate surface area is 132 Å². The minimum atomic E-state index is 0.0285. The SMILES string of the molecule is CCC(NC(=O)Cc1ccccc1)c1ccc(OC)c(C)c1. The maximum absolute atomic E-state index is 12.2. The van der Waals surface area contributed by atoms with E-state index in [0.717, 1.165) is 28.9 Å². The second kappa shape index (κ2) is 7.64. The van der Waals surface area contributed by atoms with Crippen molar-refractivity contribution in [1.29, 1.82) is 0 Å². The van der Waals surface area contributed by atoms with Crippen molar-refractivity contribution in [3.05, 3.63) is 65.2 Å². The van der Waals surface area contributed by atoms with Crippen LogP contribution in [0.1, 0.15) is 36.1 Å². The second-order valence-electron chi connectivity index (χ2n) is 5.42. The largest absolute Gasteiger partial charge is 0.496 e. The summed E-state index contributed by atoms with van der Waals surface area (Å²) in [5, 5.41) is 3.12. The van der Waals surface area contributed by atoms with Crippen molar-refractivity contribution >= 4 is 5.91 Å². The first-order valence-corrected chi connectivity index (χ1v) is 7.62. The molecule has 1 N–H and O–H groups in total. The van der Waals surface area contributed by atoms with E-state index in [0.29, 0.717) is 6.42 Å². The van der Waals surface area contributed by atoms with Gasteiger partial charge < -0.3 is 10.1 Å². The first kappa shape index (κ1) is 16.1. The van der Waals surface area contributed by atoms with E-state index in [9.17, 15) is 4.79 Å². The topological polar surface area (TPSA) is 38.3 Å². The molecule has 0 aromatic heterocycles. The third-order valence-electron chi connectivity index (χ3n) is 3.77. The van der Waals surface area contributed by atoms with Crippen molar-refractivity contribution in [3.8, 4) is 5.75 Å². The molecule has 1 amide bonds. The number of ether oxygens (including phenoxy) is 1. The van der Waals surface area contributed by atoms with Gasteiger partial charge in [0, 0.05) is 0 Å². The van der Waals surface area contributed by atoms with Crippen LogP contribution in [0.3, 0.4) is 0 Å². The van der Waals surface area contributed by atoms with Gasteiger partial charge in [0.15, 0.2) is 0 Å². The Morgan fingerprint density at radius 1 is 1.18 bits per heavy atom. The summed E-state index contributed by atoms with van der Waals surface area (Å²) in [6.45, 7) is 4.09. The molecule has 0 bridgehead atoms. The Morgan fingerprint density at radius 3 is 2.50 bits per heavy atom. The molecule has 0 spiro atoms. The molecular formula is C19H23NO2. The number of methoxy groups -OCH3 is 1. The molecule has 1 unspecified atom stereocenters. The van der Waals surface area contributed by atoms with Gasteiger partial charge in [0.1, 0.15) is 5.75 Å². The van der Waals surface area contributed by atoms with E-state index in [2.05, 4.69) is 18.3 Å². The van der Waals surface area contributed by atoms with Crippen molar-refractivity contribution in [2.75, 3.05) is 7.11 Å². The molecule has 3 heteroatoms. The molecule has 2 rings (SSSR count). The number of aryl methyl sites for hydroxylation is 1. The van der Waals surface area contributed by atoms with Gasteiger partial charge in [-0.1, -0.05) is 49.4 Å². The quantitative estimate of drug-likeness (QED) is 0.880. The number of carbonyl (C=O) groups excluding carboxylic acids is 1. The van der Waals surface area contributed by atoms with E-state index >= 15 is 0 Å². The summed E-state index contributed by atoms with van der Waals surface area (Å²) in [4.78, 5) is 12.2. The smallest absolute Gasteiger partial charge is 0.224 e. The van der Waals surface area contributed by atoms with Crippen LogP contribution in [0.5, 0.6) is 5.75 Å². The standard InChI is InChI=1S/C19H23NO2/c1-4-17(16-10-11-18(22-3)14(2)12-16)20-19(21)13-15-8-6-5-7-9-15/h5-12,17H,4,13H2,1-3H3,(H,20,21). The van der Waals surface area contributed by atoms with Gasteiger partial charge in [-0.25, -0.2) is 0 Å². The number of carbonyl (C=O) groups is 1. The summed E-state index contributed by atoms with van der Waals surface area (Å²) in [6.07, 6.45) is 1.26. The average Bonchev–Trinajstić information content (AvgIpc) is 2.53. The van der Waals surface area contributed by atoms with Crippen molar-refractivity contribution in [3.63, 3.8) is 0 Å². The zero-order chi connectivity index (χ0) is 15.9. The van der Waals surface area contributed by atoms with Crippen LogP contribution in [0.4, 0.5) is 0 Å². The van der Waals surface area contributed by atoms with E-state index in [1.165, 1.54) is 0 Å². The Bertz CT molecular complexity index is 623. The molecule has 0 aliphatic heterocycles. The van der Waals surface area contributed by atoms with Crippen molar-refractivity contribution in [1.82, 2.24) is 5.32 Å². The molecule has 2 aromatic carbocycles. The fraction of sp³-hybridized carbons (Fsp3) is 0.316. The van der Waals surface area contributed by atoms with Gasteiger partial charge >= 0.3 is 0 Å². The highest BCUT2D eigenvalue weighted by Gasteiger charge is 2.14. The predicted molar refractivity (Wildman–Crippen MR) is 89.1 cm³/mol. The Hall–Kier alpha value is -2.29. The van der Waals surface area contributed by atoms with E-state index < -0.39 is 0 Å². The number of nitrogens with one attached hydrogen (secondary N) is 1. The highest BCUT2D eigenvalue weighted by atomic mass is 16.5. The molecule has 0 heterocycles. The predicted octanol–water partition coefficient (Wildman–Crippen LogP) is 3.81. The van der Waals surface area contributed by atoms with Gasteiger partial charge in [0.25, 0.3) is 0 Å². The first-order valence-electron chi connectivity index (χ1n) is 7.62. The third kappa shape index (κ3) is 4.10. The summed E-state index contributed by atoms with van der Waals surface area (Å²) in [7, 11) is 1.67. The molecule has 2 aromatic rings. The average molecular weight is 297 g/mol. The molecule has 3 nitrogen and oxygen atoms in total. The highest BCUT2D eigenvalue weighted by Crippen LogP contribution is 2.24. The minimum Gasteiger partial charge on any atom is -0.496 e. The lowest BCUT2D eigenvalue weighted by atomic mass is 10.0. The number of hydrogen-bond donors (Lipinski definition) is 1. The summed E-state index contributed by atoms with van der Waals surface area (Å²) in [6, 6.07) is 15.9. The van der Waals surface area contributed by atoms with E-state index in [1.807, 2.05) is 49.4 Å². The van der Waals surface area contributed by atoms with Gasteiger partial charge in [0.2, 0.25) is 5.91 Å². The Morgan fingerprint density at radius 2 is 1.91 bits per heavy atom. The number of amides is 1. The van der Waals surface area contributed by atoms with E-state index in [-0.39, 0.29) is 11.9 Å². The van der Waals surface area contributed by atoms with Crippen LogP contribution in [-0.4, -0.2) is 13.0 Å². The van der Waals surface area contributed by atoms with Gasteiger partial charge in [0.05, 0.1) is 19.6 Å². The number of hydrogen-bond acceptors (Lipinski definition) is 2.